The van der Waals surface area contributed by atoms with Crippen LogP contribution in [0.4, 0.5) is 39.5 Å². The van der Waals surface area contributed by atoms with Crippen LogP contribution < -0.4 is 0 Å². The Hall–Kier alpha value is -2.54. The van der Waals surface area contributed by atoms with E-state index in [0.29, 0.717) is 58.3 Å². The van der Waals surface area contributed by atoms with Gasteiger partial charge in [0.25, 0.3) is 17.8 Å². The second kappa shape index (κ2) is 22.4. The molecule has 0 saturated heterocycles. The van der Waals surface area contributed by atoms with Crippen molar-refractivity contribution < 1.29 is 88.2 Å². The molecule has 0 unspecified atom stereocenters. The number of aliphatic hydroxyl groups is 2. The maximum Gasteiger partial charge on any atom is 0.394 e. The Labute approximate surface area is 287 Å². The number of alkyl halides is 10. The molecule has 2 aliphatic rings. The van der Waals surface area contributed by atoms with Crippen LogP contribution in [0, 0.1) is 11.8 Å². The molecule has 3 N–H and O–H groups in total. The van der Waals surface area contributed by atoms with Crippen molar-refractivity contribution in [1.29, 1.82) is 0 Å². The lowest BCUT2D eigenvalue weighted by Crippen LogP contribution is -2.28. The van der Waals surface area contributed by atoms with Gasteiger partial charge < -0.3 is 29.5 Å². The number of rotatable bonds is 15. The number of esters is 3. The highest BCUT2D eigenvalue weighted by atomic mass is 35.5. The van der Waals surface area contributed by atoms with Crippen LogP contribution in [-0.2, 0) is 33.4 Å². The van der Waals surface area contributed by atoms with E-state index >= 15 is 0 Å². The number of aliphatic hydroxyl groups excluding tert-OH is 2. The summed E-state index contributed by atoms with van der Waals surface area (Å²) in [7, 11) is 0. The van der Waals surface area contributed by atoms with Crippen LogP contribution in [0.1, 0.15) is 90.4 Å². The fraction of sp³-hybridized carbons (Fsp3) is 0.867. The van der Waals surface area contributed by atoms with Gasteiger partial charge in [0.05, 0.1) is 43.7 Å². The fourth-order valence-electron chi connectivity index (χ4n) is 4.72. The van der Waals surface area contributed by atoms with Gasteiger partial charge >= 0.3 is 30.1 Å². The lowest BCUT2D eigenvalue weighted by molar-refractivity contribution is -0.190. The Kier molecular flexibility index (Phi) is 21.3. The van der Waals surface area contributed by atoms with Crippen LogP contribution >= 0.6 is 11.6 Å². The van der Waals surface area contributed by atoms with Gasteiger partial charge in [0.15, 0.2) is 6.61 Å². The predicted molar refractivity (Wildman–Crippen MR) is 157 cm³/mol. The van der Waals surface area contributed by atoms with Gasteiger partial charge in [0, 0.05) is 12.8 Å². The zero-order valence-electron chi connectivity index (χ0n) is 27.3. The summed E-state index contributed by atoms with van der Waals surface area (Å²) < 4.78 is 125. The average molecular weight is 771 g/mol. The smallest absolute Gasteiger partial charge is 0.394 e. The van der Waals surface area contributed by atoms with Crippen LogP contribution in [0.25, 0.3) is 0 Å². The molecule has 0 heterocycles. The lowest BCUT2D eigenvalue weighted by atomic mass is 9.88. The van der Waals surface area contributed by atoms with Gasteiger partial charge in [-0.1, -0.05) is 0 Å². The minimum absolute atomic E-state index is 0.205. The Morgan fingerprint density at radius 1 is 0.660 bits per heavy atom. The van der Waals surface area contributed by atoms with Crippen molar-refractivity contribution in [3.05, 3.63) is 0 Å². The third-order valence-electron chi connectivity index (χ3n) is 7.23. The number of carbonyl (C=O) groups excluding carboxylic acids is 3. The van der Waals surface area contributed by atoms with Crippen molar-refractivity contribution in [3.8, 4) is 0 Å². The quantitative estimate of drug-likeness (QED) is 0.0556. The van der Waals surface area contributed by atoms with E-state index in [-0.39, 0.29) is 12.0 Å². The van der Waals surface area contributed by atoms with E-state index in [1.807, 2.05) is 0 Å². The van der Waals surface area contributed by atoms with Crippen LogP contribution in [-0.4, -0.2) is 101 Å². The van der Waals surface area contributed by atoms with Crippen molar-refractivity contribution in [1.82, 2.24) is 0 Å². The Bertz CT molecular complexity index is 1030. The topological polar surface area (TPSA) is 157 Å². The highest BCUT2D eigenvalue weighted by molar-refractivity contribution is 6.26. The molecule has 0 aliphatic heterocycles. The van der Waals surface area contributed by atoms with Crippen molar-refractivity contribution >= 4 is 35.5 Å². The summed E-state index contributed by atoms with van der Waals surface area (Å²) in [6.07, 6.45) is -7.48. The summed E-state index contributed by atoms with van der Waals surface area (Å²) >= 11 is 5.03. The monoisotopic (exact) mass is 770 g/mol. The second-order valence-electron chi connectivity index (χ2n) is 12.1. The van der Waals surface area contributed by atoms with E-state index in [4.69, 9.17) is 26.6 Å². The zero-order valence-corrected chi connectivity index (χ0v) is 28.1. The Morgan fingerprint density at radius 3 is 1.56 bits per heavy atom. The molecule has 0 aromatic heterocycles. The maximum atomic E-state index is 13.0. The number of halogens is 10. The molecule has 2 saturated carbocycles. The number of hydrogen-bond donors (Lipinski definition) is 3. The summed E-state index contributed by atoms with van der Waals surface area (Å²) in [6.45, 7) is -1.38. The van der Waals surface area contributed by atoms with E-state index in [0.717, 1.165) is 0 Å². The molecule has 10 nitrogen and oxygen atoms in total. The normalized spacial score (nSPS) is 21.4. The molecule has 2 fully saturated rings. The minimum atomic E-state index is -4.97. The third kappa shape index (κ3) is 25.4. The summed E-state index contributed by atoms with van der Waals surface area (Å²) in [6, 6.07) is 0. The van der Waals surface area contributed by atoms with Crippen molar-refractivity contribution in [2.45, 2.75) is 127 Å². The zero-order chi connectivity index (χ0) is 38.8. The first kappa shape index (κ1) is 47.5. The van der Waals surface area contributed by atoms with Crippen LogP contribution in [0.15, 0.2) is 0 Å². The van der Waals surface area contributed by atoms with E-state index in [1.165, 1.54) is 0 Å². The van der Waals surface area contributed by atoms with Crippen molar-refractivity contribution in [3.63, 3.8) is 0 Å². The number of ether oxygens (including phenoxy) is 3. The van der Waals surface area contributed by atoms with Crippen LogP contribution in [0.5, 0.6) is 0 Å². The molecule has 0 spiro atoms. The molecule has 0 atom stereocenters. The minimum Gasteiger partial charge on any atom is -0.481 e. The molecule has 0 aromatic rings. The largest absolute Gasteiger partial charge is 0.481 e. The highest BCUT2D eigenvalue weighted by Crippen LogP contribution is 2.35. The van der Waals surface area contributed by atoms with Crippen LogP contribution in [0.2, 0.25) is 0 Å². The fourth-order valence-corrected chi connectivity index (χ4v) is 4.79. The van der Waals surface area contributed by atoms with Gasteiger partial charge in [0.2, 0.25) is 0 Å². The molecule has 50 heavy (non-hydrogen) atoms. The van der Waals surface area contributed by atoms with Gasteiger partial charge in [-0.3, -0.25) is 14.4 Å². The van der Waals surface area contributed by atoms with Gasteiger partial charge in [-0.15, -0.1) is 11.6 Å². The molecule has 20 heteroatoms. The maximum absolute atomic E-state index is 13.0. The second-order valence-corrected chi connectivity index (χ2v) is 12.4. The Balaban J connectivity index is 0.000000808. The molecule has 0 amide bonds. The molecular weight excluding hydrogens is 727 g/mol. The highest BCUT2D eigenvalue weighted by Gasteiger charge is 2.43. The molecule has 0 radical (unpaired) electrons. The number of carboxylic acid groups (broad SMARTS) is 1. The predicted octanol–water partition coefficient (Wildman–Crippen LogP) is 6.45. The first-order chi connectivity index (χ1) is 22.8. The average Bonchev–Trinajstić information content (AvgIpc) is 2.96. The molecule has 2 rings (SSSR count). The summed E-state index contributed by atoms with van der Waals surface area (Å²) in [5.74, 6) is -15.1. The SMILES string of the molecule is CC(F)(F)CC(F)(F)CCOC(=O)CCl.O=C(COC(=O)C1CCC(O)CC1)OCCCC(F)(F)CC(F)(F)F.O=C(O)C1CCC(O)CC1. The van der Waals surface area contributed by atoms with E-state index in [9.17, 15) is 63.8 Å². The number of carboxylic acids is 1. The van der Waals surface area contributed by atoms with Crippen LogP contribution in [0.3, 0.4) is 0 Å². The van der Waals surface area contributed by atoms with Crippen molar-refractivity contribution in [2.24, 2.45) is 11.8 Å². The number of carbonyl (C=O) groups is 4. The summed E-state index contributed by atoms with van der Waals surface area (Å²) in [5.41, 5.74) is 0. The van der Waals surface area contributed by atoms with Gasteiger partial charge in [-0.2, -0.15) is 13.2 Å². The number of aliphatic carboxylic acids is 1. The van der Waals surface area contributed by atoms with Crippen molar-refractivity contribution in [2.75, 3.05) is 25.7 Å². The molecule has 0 bridgehead atoms. The molecular formula is C30H44ClF9O10. The van der Waals surface area contributed by atoms with E-state index < -0.39 is 118 Å². The molecule has 0 aromatic carbocycles. The lowest BCUT2D eigenvalue weighted by Gasteiger charge is -2.23. The van der Waals surface area contributed by atoms with Gasteiger partial charge in [-0.05, 0) is 64.7 Å². The molecule has 294 valence electrons. The number of hydrogen-bond acceptors (Lipinski definition) is 9. The summed E-state index contributed by atoms with van der Waals surface area (Å²) in [5, 5.41) is 26.9. The Morgan fingerprint density at radius 2 is 1.12 bits per heavy atom. The first-order valence-electron chi connectivity index (χ1n) is 15.7. The molecule has 2 aliphatic carbocycles. The first-order valence-corrected chi connectivity index (χ1v) is 16.2. The van der Waals surface area contributed by atoms with Gasteiger partial charge in [-0.25, -0.2) is 31.1 Å². The summed E-state index contributed by atoms with van der Waals surface area (Å²) in [4.78, 5) is 43.8. The third-order valence-corrected chi connectivity index (χ3v) is 7.44. The standard InChI is InChI=1S/C15H21F5O5.C8H11ClF4O2.C7H12O3/c16-14(17,9-15(18,19)20)6-1-7-24-12(22)8-25-13(23)10-2-4-11(21)5-3-10;1-7(10,11)5-8(12,13)2-3-15-6(14)4-9;8-6-3-1-5(2-4-6)7(9)10/h10-11,21H,1-9H2;2-5H2,1H3;5-6,8H,1-4H2,(H,9,10). The van der Waals surface area contributed by atoms with E-state index in [1.54, 1.807) is 0 Å². The van der Waals surface area contributed by atoms with E-state index in [2.05, 4.69) is 9.47 Å². The van der Waals surface area contributed by atoms with Gasteiger partial charge in [0.1, 0.15) is 12.3 Å².